The van der Waals surface area contributed by atoms with E-state index in [4.69, 9.17) is 4.74 Å². The molecule has 18 heavy (non-hydrogen) atoms. The van der Waals surface area contributed by atoms with Crippen molar-refractivity contribution in [3.8, 4) is 17.0 Å². The van der Waals surface area contributed by atoms with Crippen molar-refractivity contribution in [2.24, 2.45) is 0 Å². The molecule has 6 heteroatoms. The lowest BCUT2D eigenvalue weighted by Crippen LogP contribution is -2.03. The van der Waals surface area contributed by atoms with Crippen LogP contribution < -0.4 is 10.1 Å². The van der Waals surface area contributed by atoms with Crippen molar-refractivity contribution in [1.82, 2.24) is 15.2 Å². The summed E-state index contributed by atoms with van der Waals surface area (Å²) < 4.78 is 18.5. The highest BCUT2D eigenvalue weighted by atomic mass is 19.1. The van der Waals surface area contributed by atoms with Crippen molar-refractivity contribution in [2.45, 2.75) is 6.92 Å². The molecule has 0 atom stereocenters. The van der Waals surface area contributed by atoms with Crippen LogP contribution in [0.1, 0.15) is 5.82 Å². The molecule has 5 nitrogen and oxygen atoms in total. The van der Waals surface area contributed by atoms with Crippen LogP contribution in [0.4, 0.5) is 10.2 Å². The van der Waals surface area contributed by atoms with Crippen LogP contribution >= 0.6 is 0 Å². The first-order valence-corrected chi connectivity index (χ1v) is 5.38. The Kier molecular flexibility index (Phi) is 3.36. The summed E-state index contributed by atoms with van der Waals surface area (Å²) in [6, 6.07) is 4.22. The van der Waals surface area contributed by atoms with Gasteiger partial charge in [0.25, 0.3) is 0 Å². The molecule has 0 spiro atoms. The molecule has 1 aromatic carbocycles. The van der Waals surface area contributed by atoms with E-state index in [0.29, 0.717) is 28.6 Å². The molecule has 0 bridgehead atoms. The van der Waals surface area contributed by atoms with E-state index < -0.39 is 0 Å². The molecule has 0 aliphatic rings. The summed E-state index contributed by atoms with van der Waals surface area (Å²) in [5, 5.41) is 10.9. The largest absolute Gasteiger partial charge is 0.496 e. The van der Waals surface area contributed by atoms with E-state index in [2.05, 4.69) is 20.5 Å². The standard InChI is InChI=1S/C12H13FN4O/c1-7-15-12(14-2)11(17-16-7)9-6-8(13)4-5-10(9)18-3/h4-6H,1-3H3,(H,14,15,16). The van der Waals surface area contributed by atoms with Crippen molar-refractivity contribution >= 4 is 5.82 Å². The topological polar surface area (TPSA) is 59.9 Å². The summed E-state index contributed by atoms with van der Waals surface area (Å²) >= 11 is 0. The fourth-order valence-corrected chi connectivity index (χ4v) is 1.63. The zero-order valence-corrected chi connectivity index (χ0v) is 10.4. The number of hydrogen-bond acceptors (Lipinski definition) is 5. The predicted octanol–water partition coefficient (Wildman–Crippen LogP) is 2.04. The fraction of sp³-hybridized carbons (Fsp3) is 0.250. The van der Waals surface area contributed by atoms with Gasteiger partial charge in [0.05, 0.1) is 12.7 Å². The average Bonchev–Trinajstić information content (AvgIpc) is 2.38. The number of ether oxygens (including phenoxy) is 1. The quantitative estimate of drug-likeness (QED) is 0.900. The lowest BCUT2D eigenvalue weighted by molar-refractivity contribution is 0.415. The van der Waals surface area contributed by atoms with Crippen LogP contribution in [-0.4, -0.2) is 29.3 Å². The SMILES string of the molecule is CNc1nc(C)nnc1-c1cc(F)ccc1OC. The second kappa shape index (κ2) is 4.95. The van der Waals surface area contributed by atoms with Crippen LogP contribution in [0.3, 0.4) is 0 Å². The number of aryl methyl sites for hydroxylation is 1. The van der Waals surface area contributed by atoms with Gasteiger partial charge in [-0.1, -0.05) is 0 Å². The molecule has 2 rings (SSSR count). The molecule has 2 aromatic rings. The fourth-order valence-electron chi connectivity index (χ4n) is 1.63. The third kappa shape index (κ3) is 2.22. The number of hydrogen-bond donors (Lipinski definition) is 1. The molecule has 0 radical (unpaired) electrons. The lowest BCUT2D eigenvalue weighted by atomic mass is 10.1. The number of rotatable bonds is 3. The molecule has 1 aromatic heterocycles. The zero-order valence-electron chi connectivity index (χ0n) is 10.4. The summed E-state index contributed by atoms with van der Waals surface area (Å²) in [7, 11) is 3.24. The molecule has 0 amide bonds. The molecule has 94 valence electrons. The van der Waals surface area contributed by atoms with Gasteiger partial charge < -0.3 is 10.1 Å². The van der Waals surface area contributed by atoms with Gasteiger partial charge >= 0.3 is 0 Å². The third-order valence-corrected chi connectivity index (χ3v) is 2.45. The summed E-state index contributed by atoms with van der Waals surface area (Å²) in [5.41, 5.74) is 0.973. The highest BCUT2D eigenvalue weighted by Crippen LogP contribution is 2.32. The van der Waals surface area contributed by atoms with E-state index in [1.807, 2.05) is 0 Å². The first-order valence-electron chi connectivity index (χ1n) is 5.38. The predicted molar refractivity (Wildman–Crippen MR) is 66.1 cm³/mol. The van der Waals surface area contributed by atoms with E-state index >= 15 is 0 Å². The number of halogens is 1. The minimum atomic E-state index is -0.366. The number of methoxy groups -OCH3 is 1. The van der Waals surface area contributed by atoms with Gasteiger partial charge in [-0.15, -0.1) is 10.2 Å². The minimum absolute atomic E-state index is 0.366. The first kappa shape index (κ1) is 12.2. The molecular weight excluding hydrogens is 235 g/mol. The van der Waals surface area contributed by atoms with Crippen LogP contribution in [0.15, 0.2) is 18.2 Å². The maximum atomic E-state index is 13.3. The van der Waals surface area contributed by atoms with Crippen molar-refractivity contribution in [3.05, 3.63) is 29.8 Å². The van der Waals surface area contributed by atoms with Crippen LogP contribution in [0.25, 0.3) is 11.3 Å². The number of anilines is 1. The number of nitrogens with one attached hydrogen (secondary N) is 1. The van der Waals surface area contributed by atoms with Crippen molar-refractivity contribution in [2.75, 3.05) is 19.5 Å². The maximum Gasteiger partial charge on any atom is 0.156 e. The summed E-state index contributed by atoms with van der Waals surface area (Å²) in [6.45, 7) is 1.74. The monoisotopic (exact) mass is 248 g/mol. The number of nitrogens with zero attached hydrogens (tertiary/aromatic N) is 3. The van der Waals surface area contributed by atoms with E-state index in [9.17, 15) is 4.39 Å². The second-order valence-corrected chi connectivity index (χ2v) is 3.65. The van der Waals surface area contributed by atoms with Gasteiger partial charge in [0, 0.05) is 7.05 Å². The lowest BCUT2D eigenvalue weighted by Gasteiger charge is -2.10. The van der Waals surface area contributed by atoms with Gasteiger partial charge in [-0.05, 0) is 25.1 Å². The summed E-state index contributed by atoms with van der Waals surface area (Å²) in [6.07, 6.45) is 0. The molecule has 1 heterocycles. The summed E-state index contributed by atoms with van der Waals surface area (Å²) in [5.74, 6) is 1.23. The van der Waals surface area contributed by atoms with E-state index in [1.165, 1.54) is 19.2 Å². The Balaban J connectivity index is 2.64. The van der Waals surface area contributed by atoms with Gasteiger partial charge in [-0.3, -0.25) is 0 Å². The van der Waals surface area contributed by atoms with E-state index in [0.717, 1.165) is 0 Å². The van der Waals surface area contributed by atoms with Crippen LogP contribution in [0.5, 0.6) is 5.75 Å². The van der Waals surface area contributed by atoms with Crippen molar-refractivity contribution in [1.29, 1.82) is 0 Å². The highest BCUT2D eigenvalue weighted by Gasteiger charge is 2.14. The Morgan fingerprint density at radius 3 is 2.72 bits per heavy atom. The minimum Gasteiger partial charge on any atom is -0.496 e. The molecule has 0 saturated carbocycles. The van der Waals surface area contributed by atoms with Gasteiger partial charge in [-0.25, -0.2) is 9.37 Å². The van der Waals surface area contributed by atoms with Gasteiger partial charge in [0.15, 0.2) is 5.82 Å². The van der Waals surface area contributed by atoms with Crippen LogP contribution in [-0.2, 0) is 0 Å². The molecule has 0 unspecified atom stereocenters. The van der Waals surface area contributed by atoms with Crippen LogP contribution in [0.2, 0.25) is 0 Å². The van der Waals surface area contributed by atoms with Crippen LogP contribution in [0, 0.1) is 12.7 Å². The molecule has 1 N–H and O–H groups in total. The Labute approximate surface area is 104 Å². The maximum absolute atomic E-state index is 13.3. The number of benzene rings is 1. The third-order valence-electron chi connectivity index (χ3n) is 2.45. The normalized spacial score (nSPS) is 10.2. The first-order chi connectivity index (χ1) is 8.65. The van der Waals surface area contributed by atoms with Gasteiger partial charge in [-0.2, -0.15) is 0 Å². The smallest absolute Gasteiger partial charge is 0.156 e. The molecule has 0 saturated heterocycles. The summed E-state index contributed by atoms with van der Waals surface area (Å²) in [4.78, 5) is 4.21. The van der Waals surface area contributed by atoms with Gasteiger partial charge in [0.2, 0.25) is 0 Å². The Morgan fingerprint density at radius 1 is 1.28 bits per heavy atom. The number of aromatic nitrogens is 3. The zero-order chi connectivity index (χ0) is 13.1. The van der Waals surface area contributed by atoms with Crippen molar-refractivity contribution in [3.63, 3.8) is 0 Å². The Bertz CT molecular complexity index is 574. The van der Waals surface area contributed by atoms with Gasteiger partial charge in [0.1, 0.15) is 23.1 Å². The highest BCUT2D eigenvalue weighted by molar-refractivity contribution is 5.75. The Hall–Kier alpha value is -2.24. The Morgan fingerprint density at radius 2 is 2.06 bits per heavy atom. The molecule has 0 aliphatic heterocycles. The average molecular weight is 248 g/mol. The second-order valence-electron chi connectivity index (χ2n) is 3.65. The molecule has 0 aliphatic carbocycles. The van der Waals surface area contributed by atoms with E-state index in [1.54, 1.807) is 20.0 Å². The van der Waals surface area contributed by atoms with Crippen molar-refractivity contribution < 1.29 is 9.13 Å². The molecule has 0 fully saturated rings. The van der Waals surface area contributed by atoms with E-state index in [-0.39, 0.29) is 5.82 Å². The molecular formula is C12H13FN4O.